The fourth-order valence-electron chi connectivity index (χ4n) is 1.62. The van der Waals surface area contributed by atoms with Crippen molar-refractivity contribution in [3.05, 3.63) is 10.6 Å². The lowest BCUT2D eigenvalue weighted by Gasteiger charge is -2.23. The smallest absolute Gasteiger partial charge is 0.195 e. The van der Waals surface area contributed by atoms with Gasteiger partial charge in [0.15, 0.2) is 4.77 Å². The lowest BCUT2D eigenvalue weighted by Crippen LogP contribution is -2.24. The summed E-state index contributed by atoms with van der Waals surface area (Å²) in [6, 6.07) is 0. The zero-order chi connectivity index (χ0) is 9.42. The first-order valence-electron chi connectivity index (χ1n) is 4.39. The summed E-state index contributed by atoms with van der Waals surface area (Å²) in [5.74, 6) is 1.55. The van der Waals surface area contributed by atoms with Gasteiger partial charge in [-0.1, -0.05) is 0 Å². The third-order valence-corrected chi connectivity index (χ3v) is 2.73. The Morgan fingerprint density at radius 3 is 2.92 bits per heavy atom. The molecule has 0 radical (unpaired) electrons. The number of hydrogen-bond acceptors (Lipinski definition) is 3. The number of carbonyl (C=O) groups is 1. The molecular formula is C8H11N3OS. The highest BCUT2D eigenvalue weighted by atomic mass is 32.1. The SMILES string of the molecule is CCn1c(C2CC(=O)C2)n[nH]c1=S. The van der Waals surface area contributed by atoms with Crippen LogP contribution in [0.2, 0.25) is 0 Å². The monoisotopic (exact) mass is 197 g/mol. The van der Waals surface area contributed by atoms with Crippen LogP contribution in [0.5, 0.6) is 0 Å². The highest BCUT2D eigenvalue weighted by Crippen LogP contribution is 2.32. The molecule has 1 aliphatic carbocycles. The highest BCUT2D eigenvalue weighted by Gasteiger charge is 2.31. The van der Waals surface area contributed by atoms with Crippen molar-refractivity contribution in [3.8, 4) is 0 Å². The summed E-state index contributed by atoms with van der Waals surface area (Å²) >= 11 is 5.05. The molecule has 2 rings (SSSR count). The first kappa shape index (κ1) is 8.62. The van der Waals surface area contributed by atoms with Crippen LogP contribution >= 0.6 is 12.2 Å². The summed E-state index contributed by atoms with van der Waals surface area (Å²) < 4.78 is 2.60. The van der Waals surface area contributed by atoms with E-state index in [1.807, 2.05) is 11.5 Å². The number of aromatic amines is 1. The Bertz CT molecular complexity index is 384. The third kappa shape index (κ3) is 1.33. The zero-order valence-corrected chi connectivity index (χ0v) is 8.23. The quantitative estimate of drug-likeness (QED) is 0.729. The molecule has 1 N–H and O–H groups in total. The minimum absolute atomic E-state index is 0.292. The number of Topliss-reactive ketones (excluding diaryl/α,β-unsaturated/α-hetero) is 1. The lowest BCUT2D eigenvalue weighted by molar-refractivity contribution is -0.124. The maximum Gasteiger partial charge on any atom is 0.195 e. The third-order valence-electron chi connectivity index (χ3n) is 2.42. The number of hydrogen-bond donors (Lipinski definition) is 1. The fourth-order valence-corrected chi connectivity index (χ4v) is 1.89. The molecule has 4 nitrogen and oxygen atoms in total. The van der Waals surface area contributed by atoms with E-state index in [1.54, 1.807) is 0 Å². The maximum atomic E-state index is 10.8. The molecule has 13 heavy (non-hydrogen) atoms. The van der Waals surface area contributed by atoms with Crippen LogP contribution in [0.4, 0.5) is 0 Å². The van der Waals surface area contributed by atoms with Gasteiger partial charge in [0.05, 0.1) is 0 Å². The molecule has 1 heterocycles. The van der Waals surface area contributed by atoms with Gasteiger partial charge in [0.25, 0.3) is 0 Å². The van der Waals surface area contributed by atoms with Crippen molar-refractivity contribution in [1.29, 1.82) is 0 Å². The van der Waals surface area contributed by atoms with Crippen LogP contribution in [0.15, 0.2) is 0 Å². The van der Waals surface area contributed by atoms with Crippen LogP contribution in [-0.2, 0) is 11.3 Å². The molecule has 1 aliphatic rings. The van der Waals surface area contributed by atoms with Crippen molar-refractivity contribution < 1.29 is 4.79 Å². The van der Waals surface area contributed by atoms with Crippen molar-refractivity contribution in [2.24, 2.45) is 0 Å². The lowest BCUT2D eigenvalue weighted by atomic mass is 9.83. The summed E-state index contributed by atoms with van der Waals surface area (Å²) in [5, 5.41) is 6.89. The average Bonchev–Trinajstić information content (AvgIpc) is 2.41. The van der Waals surface area contributed by atoms with Crippen molar-refractivity contribution in [1.82, 2.24) is 14.8 Å². The Hall–Kier alpha value is -0.970. The predicted octanol–water partition coefficient (Wildman–Crippen LogP) is 1.41. The summed E-state index contributed by atoms with van der Waals surface area (Å²) in [4.78, 5) is 10.8. The minimum Gasteiger partial charge on any atom is -0.304 e. The second-order valence-electron chi connectivity index (χ2n) is 3.28. The van der Waals surface area contributed by atoms with Gasteiger partial charge in [0.1, 0.15) is 11.6 Å². The Morgan fingerprint density at radius 2 is 2.38 bits per heavy atom. The van der Waals surface area contributed by atoms with Crippen molar-refractivity contribution >= 4 is 18.0 Å². The first-order chi connectivity index (χ1) is 6.22. The van der Waals surface area contributed by atoms with Crippen LogP contribution in [0.3, 0.4) is 0 Å². The second-order valence-corrected chi connectivity index (χ2v) is 3.66. The molecule has 0 unspecified atom stereocenters. The molecule has 1 saturated carbocycles. The molecule has 0 atom stereocenters. The van der Waals surface area contributed by atoms with Gasteiger partial charge >= 0.3 is 0 Å². The van der Waals surface area contributed by atoms with Crippen LogP contribution in [0, 0.1) is 4.77 Å². The average molecular weight is 197 g/mol. The van der Waals surface area contributed by atoms with Gasteiger partial charge in [-0.05, 0) is 19.1 Å². The van der Waals surface area contributed by atoms with E-state index in [0.717, 1.165) is 12.4 Å². The highest BCUT2D eigenvalue weighted by molar-refractivity contribution is 7.71. The number of H-pyrrole nitrogens is 1. The summed E-state index contributed by atoms with van der Waals surface area (Å²) in [6.45, 7) is 2.84. The van der Waals surface area contributed by atoms with E-state index in [9.17, 15) is 4.79 Å². The fraction of sp³-hybridized carbons (Fsp3) is 0.625. The van der Waals surface area contributed by atoms with Gasteiger partial charge < -0.3 is 4.57 Å². The Morgan fingerprint density at radius 1 is 1.69 bits per heavy atom. The van der Waals surface area contributed by atoms with E-state index >= 15 is 0 Å². The number of nitrogens with zero attached hydrogens (tertiary/aromatic N) is 2. The molecule has 0 saturated heterocycles. The van der Waals surface area contributed by atoms with E-state index in [2.05, 4.69) is 10.2 Å². The summed E-state index contributed by atoms with van der Waals surface area (Å²) in [6.07, 6.45) is 1.25. The first-order valence-corrected chi connectivity index (χ1v) is 4.80. The summed E-state index contributed by atoms with van der Waals surface area (Å²) in [7, 11) is 0. The number of rotatable bonds is 2. The van der Waals surface area contributed by atoms with Crippen molar-refractivity contribution in [2.45, 2.75) is 32.2 Å². The van der Waals surface area contributed by atoms with E-state index in [1.165, 1.54) is 0 Å². The Balaban J connectivity index is 2.30. The van der Waals surface area contributed by atoms with E-state index in [0.29, 0.717) is 29.3 Å². The van der Waals surface area contributed by atoms with Gasteiger partial charge in [0, 0.05) is 25.3 Å². The summed E-state index contributed by atoms with van der Waals surface area (Å²) in [5.41, 5.74) is 0. The maximum absolute atomic E-state index is 10.8. The van der Waals surface area contributed by atoms with Gasteiger partial charge in [-0.25, -0.2) is 0 Å². The van der Waals surface area contributed by atoms with Crippen molar-refractivity contribution in [2.75, 3.05) is 0 Å². The molecule has 0 aromatic carbocycles. The number of ketones is 1. The zero-order valence-electron chi connectivity index (χ0n) is 7.41. The predicted molar refractivity (Wildman–Crippen MR) is 50.1 cm³/mol. The minimum atomic E-state index is 0.292. The van der Waals surface area contributed by atoms with Gasteiger partial charge in [-0.3, -0.25) is 9.89 Å². The molecule has 0 bridgehead atoms. The topological polar surface area (TPSA) is 50.7 Å². The standard InChI is InChI=1S/C8H11N3OS/c1-2-11-7(9-10-8(11)13)5-3-6(12)4-5/h5H,2-4H2,1H3,(H,10,13). The van der Waals surface area contributed by atoms with E-state index in [-0.39, 0.29) is 0 Å². The van der Waals surface area contributed by atoms with Crippen LogP contribution < -0.4 is 0 Å². The van der Waals surface area contributed by atoms with Crippen molar-refractivity contribution in [3.63, 3.8) is 0 Å². The molecule has 1 aromatic rings. The molecule has 5 heteroatoms. The Kier molecular flexibility index (Phi) is 2.03. The molecule has 0 aliphatic heterocycles. The molecule has 70 valence electrons. The molecule has 0 amide bonds. The molecule has 1 fully saturated rings. The molecule has 0 spiro atoms. The van der Waals surface area contributed by atoms with E-state index in [4.69, 9.17) is 12.2 Å². The van der Waals surface area contributed by atoms with E-state index < -0.39 is 0 Å². The normalized spacial score (nSPS) is 17.5. The van der Waals surface area contributed by atoms with Crippen LogP contribution in [0.25, 0.3) is 0 Å². The van der Waals surface area contributed by atoms with Crippen LogP contribution in [-0.4, -0.2) is 20.5 Å². The van der Waals surface area contributed by atoms with Gasteiger partial charge in [0.2, 0.25) is 0 Å². The van der Waals surface area contributed by atoms with Gasteiger partial charge in [-0.2, -0.15) is 5.10 Å². The molecule has 1 aromatic heterocycles. The second kappa shape index (κ2) is 3.06. The number of aromatic nitrogens is 3. The number of carbonyl (C=O) groups excluding carboxylic acids is 1. The van der Waals surface area contributed by atoms with Crippen LogP contribution in [0.1, 0.15) is 31.5 Å². The Labute approximate surface area is 81.0 Å². The number of nitrogens with one attached hydrogen (secondary N) is 1. The molecular weight excluding hydrogens is 186 g/mol. The largest absolute Gasteiger partial charge is 0.304 e. The van der Waals surface area contributed by atoms with Gasteiger partial charge in [-0.15, -0.1) is 0 Å².